The molecular weight excluding hydrogens is 869 g/mol. The zero-order chi connectivity index (χ0) is 47.9. The highest BCUT2D eigenvalue weighted by Gasteiger charge is 2.33. The van der Waals surface area contributed by atoms with Crippen LogP contribution in [-0.4, -0.2) is 103 Å². The number of nitrogens with zero attached hydrogens (tertiary/aromatic N) is 1. The van der Waals surface area contributed by atoms with Crippen molar-refractivity contribution in [3.8, 4) is 0 Å². The maximum Gasteiger partial charge on any atom is 0.334 e. The van der Waals surface area contributed by atoms with Gasteiger partial charge in [-0.15, -0.1) is 0 Å². The highest BCUT2D eigenvalue weighted by atomic mass is 32.2. The van der Waals surface area contributed by atoms with Gasteiger partial charge in [0.2, 0.25) is 5.90 Å². The summed E-state index contributed by atoms with van der Waals surface area (Å²) in [5, 5.41) is 12.5. The van der Waals surface area contributed by atoms with Gasteiger partial charge in [-0.2, -0.15) is 16.8 Å². The maximum absolute atomic E-state index is 12.6. The average Bonchev–Trinajstić information content (AvgIpc) is 3.89. The van der Waals surface area contributed by atoms with E-state index in [1.165, 1.54) is 19.1 Å². The van der Waals surface area contributed by atoms with Crippen LogP contribution in [0.4, 0.5) is 0 Å². The fraction of sp³-hybridized carbons (Fsp3) is 0.500. The predicted octanol–water partition coefficient (Wildman–Crippen LogP) is 6.65. The first-order valence-corrected chi connectivity index (χ1v) is 23.6. The molecule has 2 N–H and O–H groups in total. The van der Waals surface area contributed by atoms with Crippen LogP contribution in [0.25, 0.3) is 0 Å². The van der Waals surface area contributed by atoms with Gasteiger partial charge in [0.15, 0.2) is 0 Å². The number of carbonyl (C=O) groups is 4. The van der Waals surface area contributed by atoms with E-state index in [-0.39, 0.29) is 70.3 Å². The van der Waals surface area contributed by atoms with Crippen LogP contribution in [0, 0.1) is 13.8 Å². The van der Waals surface area contributed by atoms with E-state index in [0.717, 1.165) is 40.6 Å². The van der Waals surface area contributed by atoms with Gasteiger partial charge in [-0.05, 0) is 129 Å². The van der Waals surface area contributed by atoms with Crippen molar-refractivity contribution in [2.45, 2.75) is 128 Å². The van der Waals surface area contributed by atoms with E-state index in [1.807, 2.05) is 41.5 Å². The maximum atomic E-state index is 12.6. The summed E-state index contributed by atoms with van der Waals surface area (Å²) >= 11 is 0. The molecule has 2 aromatic rings. The lowest BCUT2D eigenvalue weighted by Crippen LogP contribution is -2.39. The van der Waals surface area contributed by atoms with Crippen molar-refractivity contribution in [2.75, 3.05) is 33.0 Å². The molecule has 0 bridgehead atoms. The molecule has 0 saturated carbocycles. The number of aliphatic imine (C=N–C) groups is 1. The standard InChI is InChI=1S/C23H34N2O5S.C15H18O6S.C8H10O3/c1-16-7-9-18(10-8-16)31(26,27)30-13-17(2)19(21-25-23(5,6)15-29-21)11-12-20-24-22(3,4)14-28-20;1-11-5-7-13(8-6-11)22(19,20)21-10-12(2)14(15(17)18)4-3-9-16;1-6-5-11-8(10)7(6)3-2-4-9/h7-10,20,24H,11-15H2,1-6H3;5-9H,3-4,10H2,1-2H3,(H,17,18);4H,2-3,5H2,1H3/b19-17-;14-12-;. The monoisotopic (exact) mass is 930 g/mol. The Kier molecular flexibility index (Phi) is 20.0. The van der Waals surface area contributed by atoms with E-state index < -0.39 is 26.2 Å². The van der Waals surface area contributed by atoms with E-state index in [4.69, 9.17) is 32.7 Å². The van der Waals surface area contributed by atoms with Crippen molar-refractivity contribution >= 4 is 50.6 Å². The number of carbonyl (C=O) groups excluding carboxylic acids is 3. The Labute approximate surface area is 377 Å². The quantitative estimate of drug-likeness (QED) is 0.0651. The smallest absolute Gasteiger partial charge is 0.334 e. The van der Waals surface area contributed by atoms with E-state index in [1.54, 1.807) is 36.4 Å². The van der Waals surface area contributed by atoms with Crippen LogP contribution in [0.15, 0.2) is 96.8 Å². The normalized spacial score (nSPS) is 18.5. The number of aryl methyl sites for hydroxylation is 2. The third kappa shape index (κ3) is 16.9. The lowest BCUT2D eigenvalue weighted by molar-refractivity contribution is -0.136. The SMILES string of the molecule is C/C(COS(=O)(=O)c1ccc(C)cc1)=C(\CCC1NC(C)(C)CO1)C1=NC(C)(C)CO1.C/C(COS(=O)(=O)c1ccc(C)cc1)=C(\CCC=O)C(=O)O.CC1=C(CCC=O)C(=O)OC1. The van der Waals surface area contributed by atoms with E-state index in [2.05, 4.69) is 19.2 Å². The number of carboxylic acids is 1. The largest absolute Gasteiger partial charge is 0.478 e. The van der Waals surface area contributed by atoms with Gasteiger partial charge in [-0.3, -0.25) is 13.7 Å². The highest BCUT2D eigenvalue weighted by molar-refractivity contribution is 7.87. The number of aliphatic carboxylic acids is 1. The predicted molar refractivity (Wildman–Crippen MR) is 240 cm³/mol. The van der Waals surface area contributed by atoms with Crippen molar-refractivity contribution in [3.05, 3.63) is 93.1 Å². The van der Waals surface area contributed by atoms with E-state index in [9.17, 15) is 36.0 Å². The Morgan fingerprint density at radius 3 is 1.77 bits per heavy atom. The number of carboxylic acid groups (broad SMARTS) is 1. The van der Waals surface area contributed by atoms with Crippen molar-refractivity contribution in [3.63, 3.8) is 0 Å². The average molecular weight is 931 g/mol. The Balaban J connectivity index is 0.000000286. The molecule has 18 heteroatoms. The number of esters is 1. The summed E-state index contributed by atoms with van der Waals surface area (Å²) in [5.74, 6) is -0.879. The summed E-state index contributed by atoms with van der Waals surface area (Å²) in [6.45, 7) is 18.3. The molecule has 5 rings (SSSR count). The first-order valence-electron chi connectivity index (χ1n) is 20.8. The summed E-state index contributed by atoms with van der Waals surface area (Å²) in [6, 6.07) is 12.8. The minimum Gasteiger partial charge on any atom is -0.478 e. The molecule has 2 aromatic carbocycles. The summed E-state index contributed by atoms with van der Waals surface area (Å²) in [7, 11) is -7.80. The molecule has 1 saturated heterocycles. The number of benzene rings is 2. The number of nitrogens with one attached hydrogen (secondary N) is 1. The molecule has 0 aromatic heterocycles. The Bertz CT molecular complexity index is 2330. The van der Waals surface area contributed by atoms with Gasteiger partial charge >= 0.3 is 11.9 Å². The summed E-state index contributed by atoms with van der Waals surface area (Å²) in [4.78, 5) is 47.2. The third-order valence-corrected chi connectivity index (χ3v) is 12.6. The second-order valence-electron chi connectivity index (χ2n) is 17.0. The number of hydrogen-bond acceptors (Lipinski definition) is 15. The van der Waals surface area contributed by atoms with E-state index in [0.29, 0.717) is 56.8 Å². The van der Waals surface area contributed by atoms with Crippen LogP contribution in [0.1, 0.15) is 98.1 Å². The summed E-state index contributed by atoms with van der Waals surface area (Å²) < 4.78 is 75.9. The molecule has 1 unspecified atom stereocenters. The number of aldehydes is 2. The number of ether oxygens (including phenoxy) is 3. The molecule has 64 heavy (non-hydrogen) atoms. The van der Waals surface area contributed by atoms with Crippen molar-refractivity contribution in [2.24, 2.45) is 4.99 Å². The molecule has 3 heterocycles. The second kappa shape index (κ2) is 23.9. The van der Waals surface area contributed by atoms with Crippen LogP contribution in [0.3, 0.4) is 0 Å². The van der Waals surface area contributed by atoms with Crippen molar-refractivity contribution < 1.29 is 63.7 Å². The molecule has 0 amide bonds. The highest BCUT2D eigenvalue weighted by Crippen LogP contribution is 2.28. The van der Waals surface area contributed by atoms with Gasteiger partial charge in [-0.25, -0.2) is 14.6 Å². The zero-order valence-electron chi connectivity index (χ0n) is 38.1. The van der Waals surface area contributed by atoms with Gasteiger partial charge < -0.3 is 28.9 Å². The summed E-state index contributed by atoms with van der Waals surface area (Å²) in [5.41, 5.74) is 5.09. The van der Waals surface area contributed by atoms with Crippen LogP contribution in [-0.2, 0) is 62.0 Å². The number of rotatable bonds is 19. The Morgan fingerprint density at radius 2 is 1.34 bits per heavy atom. The van der Waals surface area contributed by atoms with Gasteiger partial charge in [-0.1, -0.05) is 35.4 Å². The molecule has 352 valence electrons. The van der Waals surface area contributed by atoms with Gasteiger partial charge in [0.1, 0.15) is 32.0 Å². The molecule has 3 aliphatic rings. The molecular formula is C46H62N2O14S2. The molecule has 1 fully saturated rings. The molecule has 1 atom stereocenters. The minimum absolute atomic E-state index is 0.00814. The Morgan fingerprint density at radius 1 is 0.812 bits per heavy atom. The minimum atomic E-state index is -3.95. The number of hydrogen-bond donors (Lipinski definition) is 2. The molecule has 16 nitrogen and oxygen atoms in total. The van der Waals surface area contributed by atoms with Gasteiger partial charge in [0.25, 0.3) is 20.2 Å². The fourth-order valence-corrected chi connectivity index (χ4v) is 8.17. The third-order valence-electron chi connectivity index (χ3n) is 10.1. The molecule has 0 aliphatic carbocycles. The van der Waals surface area contributed by atoms with Crippen molar-refractivity contribution in [1.29, 1.82) is 0 Å². The fourth-order valence-electron chi connectivity index (χ4n) is 6.30. The lowest BCUT2D eigenvalue weighted by atomic mass is 10.0. The summed E-state index contributed by atoms with van der Waals surface area (Å²) in [6.07, 6.45) is 3.75. The van der Waals surface area contributed by atoms with Crippen LogP contribution in [0.2, 0.25) is 0 Å². The molecule has 3 aliphatic heterocycles. The molecule has 0 spiro atoms. The second-order valence-corrected chi connectivity index (χ2v) is 20.2. The lowest BCUT2D eigenvalue weighted by Gasteiger charge is -2.18. The Hall–Kier alpha value is -4.85. The zero-order valence-corrected chi connectivity index (χ0v) is 39.8. The van der Waals surface area contributed by atoms with E-state index >= 15 is 0 Å². The van der Waals surface area contributed by atoms with Crippen LogP contribution >= 0.6 is 0 Å². The first-order chi connectivity index (χ1) is 29.9. The molecule has 0 radical (unpaired) electrons. The van der Waals surface area contributed by atoms with Crippen molar-refractivity contribution in [1.82, 2.24) is 5.32 Å². The topological polar surface area (TPSA) is 227 Å². The van der Waals surface area contributed by atoms with Crippen LogP contribution in [0.5, 0.6) is 0 Å². The first kappa shape index (κ1) is 53.5. The van der Waals surface area contributed by atoms with Gasteiger partial charge in [0.05, 0.1) is 35.2 Å². The van der Waals surface area contributed by atoms with Crippen LogP contribution < -0.4 is 5.32 Å². The van der Waals surface area contributed by atoms with Gasteiger partial charge in [0, 0.05) is 35.1 Å². The number of cyclic esters (lactones) is 1.